The molecule has 0 heterocycles. The molecule has 0 fully saturated rings. The van der Waals surface area contributed by atoms with Crippen molar-refractivity contribution in [3.63, 3.8) is 0 Å². The van der Waals surface area contributed by atoms with Gasteiger partial charge in [-0.05, 0) is 12.1 Å². The summed E-state index contributed by atoms with van der Waals surface area (Å²) in [5.41, 5.74) is -0.894. The molecule has 7 nitrogen and oxygen atoms in total. The summed E-state index contributed by atoms with van der Waals surface area (Å²) < 4.78 is 13.3. The molecule has 0 saturated heterocycles. The van der Waals surface area contributed by atoms with Crippen molar-refractivity contribution in [3.8, 4) is 0 Å². The Balaban J connectivity index is 2.98. The normalized spacial score (nSPS) is 9.89. The third-order valence-corrected chi connectivity index (χ3v) is 2.11. The third kappa shape index (κ3) is 3.00. The second-order valence-corrected chi connectivity index (χ2v) is 3.48. The lowest BCUT2D eigenvalue weighted by atomic mass is 10.1. The smallest absolute Gasteiger partial charge is 0.323 e. The van der Waals surface area contributed by atoms with Gasteiger partial charge < -0.3 is 10.0 Å². The highest BCUT2D eigenvalue weighted by molar-refractivity contribution is 5.95. The van der Waals surface area contributed by atoms with Crippen molar-refractivity contribution in [2.75, 3.05) is 13.6 Å². The van der Waals surface area contributed by atoms with Gasteiger partial charge in [-0.1, -0.05) is 0 Å². The number of nitrogens with zero attached hydrogens (tertiary/aromatic N) is 2. The van der Waals surface area contributed by atoms with Crippen molar-refractivity contribution in [2.45, 2.75) is 0 Å². The number of hydrogen-bond donors (Lipinski definition) is 1. The summed E-state index contributed by atoms with van der Waals surface area (Å²) in [6.45, 7) is -0.544. The van der Waals surface area contributed by atoms with Crippen LogP contribution < -0.4 is 0 Å². The molecular formula is C10H9FN2O5. The molecule has 1 amide bonds. The van der Waals surface area contributed by atoms with Crippen LogP contribution in [-0.2, 0) is 4.79 Å². The van der Waals surface area contributed by atoms with Crippen LogP contribution in [0.5, 0.6) is 0 Å². The van der Waals surface area contributed by atoms with E-state index in [1.807, 2.05) is 0 Å². The molecule has 1 aromatic carbocycles. The number of carboxylic acid groups (broad SMARTS) is 1. The molecule has 0 aliphatic heterocycles. The number of hydrogen-bond acceptors (Lipinski definition) is 4. The van der Waals surface area contributed by atoms with Gasteiger partial charge in [0.25, 0.3) is 5.91 Å². The minimum absolute atomic E-state index is 0.151. The molecule has 0 aliphatic rings. The molecule has 0 spiro atoms. The lowest BCUT2D eigenvalue weighted by molar-refractivity contribution is -0.387. The average molecular weight is 256 g/mol. The molecule has 1 aromatic rings. The Labute approximate surface area is 101 Å². The maximum Gasteiger partial charge on any atom is 0.323 e. The van der Waals surface area contributed by atoms with Gasteiger partial charge in [0.05, 0.1) is 4.92 Å². The van der Waals surface area contributed by atoms with Crippen LogP contribution in [0.3, 0.4) is 0 Å². The molecule has 8 heteroatoms. The van der Waals surface area contributed by atoms with Gasteiger partial charge in [-0.2, -0.15) is 4.39 Å². The van der Waals surface area contributed by atoms with E-state index in [1.54, 1.807) is 0 Å². The SMILES string of the molecule is CN(CC(=O)O)C(=O)c1ccc([N+](=O)[O-])c(F)c1. The number of amides is 1. The molecule has 18 heavy (non-hydrogen) atoms. The number of carbonyl (C=O) groups is 2. The Kier molecular flexibility index (Phi) is 3.93. The third-order valence-electron chi connectivity index (χ3n) is 2.11. The number of carbonyl (C=O) groups excluding carboxylic acids is 1. The van der Waals surface area contributed by atoms with Crippen molar-refractivity contribution in [3.05, 3.63) is 39.7 Å². The summed E-state index contributed by atoms with van der Waals surface area (Å²) in [7, 11) is 1.23. The second-order valence-electron chi connectivity index (χ2n) is 3.48. The first-order valence-electron chi connectivity index (χ1n) is 4.74. The minimum Gasteiger partial charge on any atom is -0.480 e. The number of carboxylic acids is 1. The molecule has 1 rings (SSSR count). The van der Waals surface area contributed by atoms with Gasteiger partial charge in [-0.25, -0.2) is 0 Å². The van der Waals surface area contributed by atoms with Crippen LogP contribution in [0.15, 0.2) is 18.2 Å². The van der Waals surface area contributed by atoms with Crippen LogP contribution >= 0.6 is 0 Å². The topological polar surface area (TPSA) is 101 Å². The van der Waals surface area contributed by atoms with E-state index in [9.17, 15) is 24.1 Å². The van der Waals surface area contributed by atoms with Crippen molar-refractivity contribution in [2.24, 2.45) is 0 Å². The van der Waals surface area contributed by atoms with Crippen molar-refractivity contribution in [1.29, 1.82) is 0 Å². The number of nitro groups is 1. The highest BCUT2D eigenvalue weighted by atomic mass is 19.1. The fourth-order valence-corrected chi connectivity index (χ4v) is 1.28. The highest BCUT2D eigenvalue weighted by Gasteiger charge is 2.19. The van der Waals surface area contributed by atoms with Gasteiger partial charge in [0, 0.05) is 18.7 Å². The van der Waals surface area contributed by atoms with Crippen LogP contribution in [0.2, 0.25) is 0 Å². The summed E-state index contributed by atoms with van der Waals surface area (Å²) >= 11 is 0. The predicted octanol–water partition coefficient (Wildman–Crippen LogP) is 0.891. The fourth-order valence-electron chi connectivity index (χ4n) is 1.28. The predicted molar refractivity (Wildman–Crippen MR) is 57.7 cm³/mol. The highest BCUT2D eigenvalue weighted by Crippen LogP contribution is 2.18. The molecule has 0 atom stereocenters. The number of halogens is 1. The Morgan fingerprint density at radius 1 is 1.50 bits per heavy atom. The molecule has 0 aliphatic carbocycles. The van der Waals surface area contributed by atoms with E-state index in [0.717, 1.165) is 17.0 Å². The van der Waals surface area contributed by atoms with Gasteiger partial charge in [0.15, 0.2) is 0 Å². The summed E-state index contributed by atoms with van der Waals surface area (Å²) in [5.74, 6) is -3.09. The molecule has 0 saturated carbocycles. The first kappa shape index (κ1) is 13.6. The summed E-state index contributed by atoms with van der Waals surface area (Å²) in [4.78, 5) is 32.4. The Morgan fingerprint density at radius 2 is 2.11 bits per heavy atom. The van der Waals surface area contributed by atoms with E-state index in [-0.39, 0.29) is 5.56 Å². The maximum atomic E-state index is 13.3. The van der Waals surface area contributed by atoms with E-state index in [4.69, 9.17) is 5.11 Å². The lowest BCUT2D eigenvalue weighted by Crippen LogP contribution is -2.31. The largest absolute Gasteiger partial charge is 0.480 e. The van der Waals surface area contributed by atoms with Gasteiger partial charge in [-0.15, -0.1) is 0 Å². The average Bonchev–Trinajstić information content (AvgIpc) is 2.26. The standard InChI is InChI=1S/C10H9FN2O5/c1-12(5-9(14)15)10(16)6-2-3-8(13(17)18)7(11)4-6/h2-4H,5H2,1H3,(H,14,15). The number of nitro benzene ring substituents is 1. The molecule has 0 unspecified atom stereocenters. The second kappa shape index (κ2) is 5.21. The zero-order chi connectivity index (χ0) is 13.9. The molecule has 0 aromatic heterocycles. The number of benzene rings is 1. The molecule has 96 valence electrons. The van der Waals surface area contributed by atoms with Gasteiger partial charge >= 0.3 is 11.7 Å². The van der Waals surface area contributed by atoms with Crippen LogP contribution in [0.4, 0.5) is 10.1 Å². The molecular weight excluding hydrogens is 247 g/mol. The van der Waals surface area contributed by atoms with Crippen LogP contribution in [0, 0.1) is 15.9 Å². The van der Waals surface area contributed by atoms with E-state index < -0.39 is 34.8 Å². The zero-order valence-corrected chi connectivity index (χ0v) is 9.29. The van der Waals surface area contributed by atoms with E-state index in [2.05, 4.69) is 0 Å². The first-order chi connectivity index (χ1) is 8.32. The summed E-state index contributed by atoms with van der Waals surface area (Å²) in [6, 6.07) is 2.64. The van der Waals surface area contributed by atoms with Gasteiger partial charge in [0.2, 0.25) is 5.82 Å². The number of aliphatic carboxylic acids is 1. The van der Waals surface area contributed by atoms with Crippen molar-refractivity contribution < 1.29 is 24.0 Å². The van der Waals surface area contributed by atoms with Crippen LogP contribution in [0.1, 0.15) is 10.4 Å². The minimum atomic E-state index is -1.21. The lowest BCUT2D eigenvalue weighted by Gasteiger charge is -2.14. The molecule has 1 N–H and O–H groups in total. The number of likely N-dealkylation sites (N-methyl/N-ethyl adjacent to an activating group) is 1. The first-order valence-corrected chi connectivity index (χ1v) is 4.74. The van der Waals surface area contributed by atoms with E-state index in [0.29, 0.717) is 6.07 Å². The molecule has 0 bridgehead atoms. The van der Waals surface area contributed by atoms with Gasteiger partial charge in [-0.3, -0.25) is 19.7 Å². The summed E-state index contributed by atoms with van der Waals surface area (Å²) in [6.07, 6.45) is 0. The Hall–Kier alpha value is -2.51. The maximum absolute atomic E-state index is 13.3. The van der Waals surface area contributed by atoms with Crippen LogP contribution in [0.25, 0.3) is 0 Å². The van der Waals surface area contributed by atoms with E-state index >= 15 is 0 Å². The Morgan fingerprint density at radius 3 is 2.56 bits per heavy atom. The Bertz CT molecular complexity index is 517. The quantitative estimate of drug-likeness (QED) is 0.636. The van der Waals surface area contributed by atoms with Crippen molar-refractivity contribution >= 4 is 17.6 Å². The van der Waals surface area contributed by atoms with Gasteiger partial charge in [0.1, 0.15) is 6.54 Å². The number of rotatable bonds is 4. The monoisotopic (exact) mass is 256 g/mol. The van der Waals surface area contributed by atoms with E-state index in [1.165, 1.54) is 7.05 Å². The van der Waals surface area contributed by atoms with Crippen molar-refractivity contribution in [1.82, 2.24) is 4.90 Å². The molecule has 0 radical (unpaired) electrons. The van der Waals surface area contributed by atoms with Crippen LogP contribution in [-0.4, -0.2) is 40.4 Å². The zero-order valence-electron chi connectivity index (χ0n) is 9.29. The fraction of sp³-hybridized carbons (Fsp3) is 0.200. The summed E-state index contributed by atoms with van der Waals surface area (Å²) in [5, 5.41) is 18.9.